The van der Waals surface area contributed by atoms with E-state index in [1.165, 1.54) is 0 Å². The Labute approximate surface area is 97.7 Å². The molecule has 0 bridgehead atoms. The molecule has 0 saturated heterocycles. The third kappa shape index (κ3) is 9.49. The van der Waals surface area contributed by atoms with Crippen molar-refractivity contribution >= 4 is 11.9 Å². The molecule has 0 unspecified atom stereocenters. The number of rotatable bonds is 6. The molecule has 1 amide bonds. The summed E-state index contributed by atoms with van der Waals surface area (Å²) in [6, 6.07) is 0. The van der Waals surface area contributed by atoms with Crippen molar-refractivity contribution in [1.82, 2.24) is 5.32 Å². The van der Waals surface area contributed by atoms with Crippen LogP contribution in [0.5, 0.6) is 0 Å². The first kappa shape index (κ1) is 14.9. The van der Waals surface area contributed by atoms with Gasteiger partial charge in [-0.2, -0.15) is 0 Å². The summed E-state index contributed by atoms with van der Waals surface area (Å²) >= 11 is 0. The van der Waals surface area contributed by atoms with Crippen LogP contribution >= 0.6 is 0 Å². The molecule has 1 N–H and O–H groups in total. The lowest BCUT2D eigenvalue weighted by atomic mass is 9.90. The van der Waals surface area contributed by atoms with Crippen molar-refractivity contribution in [3.8, 4) is 0 Å². The molecule has 16 heavy (non-hydrogen) atoms. The zero-order chi connectivity index (χ0) is 12.6. The molecule has 0 aromatic rings. The second-order valence-corrected chi connectivity index (χ2v) is 4.97. The summed E-state index contributed by atoms with van der Waals surface area (Å²) in [6.45, 7) is 8.80. The second kappa shape index (κ2) is 7.25. The Bertz CT molecular complexity index is 231. The molecule has 4 heteroatoms. The van der Waals surface area contributed by atoms with Crippen molar-refractivity contribution in [1.29, 1.82) is 0 Å². The average molecular weight is 229 g/mol. The molecule has 0 aromatic heterocycles. The molecule has 0 radical (unpaired) electrons. The molecule has 94 valence electrons. The molecule has 0 rings (SSSR count). The van der Waals surface area contributed by atoms with Crippen LogP contribution in [0.4, 0.5) is 0 Å². The quantitative estimate of drug-likeness (QED) is 0.707. The van der Waals surface area contributed by atoms with E-state index in [0.717, 1.165) is 6.42 Å². The third-order valence-corrected chi connectivity index (χ3v) is 2.06. The number of hydrogen-bond acceptors (Lipinski definition) is 3. The van der Waals surface area contributed by atoms with Gasteiger partial charge in [0.2, 0.25) is 5.91 Å². The van der Waals surface area contributed by atoms with E-state index in [0.29, 0.717) is 19.6 Å². The molecular weight excluding hydrogens is 206 g/mol. The first-order valence-corrected chi connectivity index (χ1v) is 5.77. The van der Waals surface area contributed by atoms with Gasteiger partial charge in [0.15, 0.2) is 0 Å². The number of nitrogens with one attached hydrogen (secondary N) is 1. The lowest BCUT2D eigenvalue weighted by Crippen LogP contribution is -2.27. The number of carbonyl (C=O) groups is 2. The van der Waals surface area contributed by atoms with Crippen molar-refractivity contribution in [3.63, 3.8) is 0 Å². The minimum Gasteiger partial charge on any atom is -0.466 e. The lowest BCUT2D eigenvalue weighted by Gasteiger charge is -2.17. The van der Waals surface area contributed by atoms with E-state index in [9.17, 15) is 9.59 Å². The fraction of sp³-hybridized carbons (Fsp3) is 0.833. The molecule has 0 saturated carbocycles. The van der Waals surface area contributed by atoms with E-state index in [1.54, 1.807) is 6.92 Å². The zero-order valence-electron chi connectivity index (χ0n) is 10.8. The minimum absolute atomic E-state index is 0.000719. The van der Waals surface area contributed by atoms with E-state index in [1.807, 2.05) is 0 Å². The van der Waals surface area contributed by atoms with Crippen molar-refractivity contribution < 1.29 is 14.3 Å². The Morgan fingerprint density at radius 1 is 1.19 bits per heavy atom. The van der Waals surface area contributed by atoms with Gasteiger partial charge in [0.1, 0.15) is 0 Å². The number of esters is 1. The summed E-state index contributed by atoms with van der Waals surface area (Å²) < 4.78 is 4.75. The zero-order valence-corrected chi connectivity index (χ0v) is 10.8. The first-order chi connectivity index (χ1) is 7.35. The van der Waals surface area contributed by atoms with Crippen LogP contribution in [0.1, 0.15) is 47.0 Å². The van der Waals surface area contributed by atoms with Crippen LogP contribution in [0.25, 0.3) is 0 Å². The van der Waals surface area contributed by atoms with E-state index < -0.39 is 0 Å². The number of amides is 1. The van der Waals surface area contributed by atoms with Gasteiger partial charge in [-0.3, -0.25) is 9.59 Å². The van der Waals surface area contributed by atoms with Crippen molar-refractivity contribution in [2.45, 2.75) is 47.0 Å². The van der Waals surface area contributed by atoms with Crippen LogP contribution in [-0.4, -0.2) is 25.0 Å². The summed E-state index contributed by atoms with van der Waals surface area (Å²) in [7, 11) is 0. The molecule has 0 aromatic carbocycles. The Balaban J connectivity index is 3.55. The molecule has 4 nitrogen and oxygen atoms in total. The molecule has 0 spiro atoms. The number of carbonyl (C=O) groups excluding carboxylic acids is 2. The van der Waals surface area contributed by atoms with E-state index >= 15 is 0 Å². The second-order valence-electron chi connectivity index (χ2n) is 4.97. The lowest BCUT2D eigenvalue weighted by molar-refractivity contribution is -0.143. The molecular formula is C12H23NO3. The van der Waals surface area contributed by atoms with Gasteiger partial charge in [0, 0.05) is 13.0 Å². The van der Waals surface area contributed by atoms with Crippen molar-refractivity contribution in [2.24, 2.45) is 5.41 Å². The standard InChI is InChI=1S/C12H23NO3/c1-5-16-11(15)7-9-13-10(14)6-8-12(2,3)4/h5-9H2,1-4H3,(H,13,14). The fourth-order valence-electron chi connectivity index (χ4n) is 1.11. The monoisotopic (exact) mass is 229 g/mol. The van der Waals surface area contributed by atoms with Gasteiger partial charge in [-0.05, 0) is 18.8 Å². The van der Waals surface area contributed by atoms with Gasteiger partial charge in [-0.15, -0.1) is 0 Å². The van der Waals surface area contributed by atoms with Gasteiger partial charge in [-0.25, -0.2) is 0 Å². The van der Waals surface area contributed by atoms with Crippen LogP contribution < -0.4 is 5.32 Å². The normalized spacial score (nSPS) is 11.0. The predicted molar refractivity (Wildman–Crippen MR) is 62.9 cm³/mol. The first-order valence-electron chi connectivity index (χ1n) is 5.77. The topological polar surface area (TPSA) is 55.4 Å². The summed E-state index contributed by atoms with van der Waals surface area (Å²) in [5.74, 6) is -0.266. The molecule has 0 aliphatic carbocycles. The van der Waals surface area contributed by atoms with Gasteiger partial charge >= 0.3 is 5.97 Å². The molecule has 0 aliphatic heterocycles. The summed E-state index contributed by atoms with van der Waals surface area (Å²) in [5.41, 5.74) is 0.165. The fourth-order valence-corrected chi connectivity index (χ4v) is 1.11. The largest absolute Gasteiger partial charge is 0.466 e. The Morgan fingerprint density at radius 3 is 2.31 bits per heavy atom. The molecule has 0 fully saturated rings. The highest BCUT2D eigenvalue weighted by Crippen LogP contribution is 2.20. The maximum atomic E-state index is 11.4. The van der Waals surface area contributed by atoms with Gasteiger partial charge < -0.3 is 10.1 Å². The van der Waals surface area contributed by atoms with E-state index in [2.05, 4.69) is 26.1 Å². The highest BCUT2D eigenvalue weighted by Gasteiger charge is 2.12. The Morgan fingerprint density at radius 2 is 1.81 bits per heavy atom. The highest BCUT2D eigenvalue weighted by atomic mass is 16.5. The van der Waals surface area contributed by atoms with Crippen molar-refractivity contribution in [3.05, 3.63) is 0 Å². The molecule has 0 heterocycles. The third-order valence-electron chi connectivity index (χ3n) is 2.06. The SMILES string of the molecule is CCOC(=O)CCNC(=O)CCC(C)(C)C. The minimum atomic E-state index is -0.265. The Kier molecular flexibility index (Phi) is 6.77. The summed E-state index contributed by atoms with van der Waals surface area (Å²) in [5, 5.41) is 2.70. The highest BCUT2D eigenvalue weighted by molar-refractivity contribution is 5.77. The van der Waals surface area contributed by atoms with Crippen LogP contribution in [-0.2, 0) is 14.3 Å². The van der Waals surface area contributed by atoms with Crippen LogP contribution in [0.2, 0.25) is 0 Å². The molecule has 0 atom stereocenters. The Hall–Kier alpha value is -1.06. The smallest absolute Gasteiger partial charge is 0.307 e. The van der Waals surface area contributed by atoms with Gasteiger partial charge in [0.25, 0.3) is 0 Å². The van der Waals surface area contributed by atoms with E-state index in [-0.39, 0.29) is 23.7 Å². The average Bonchev–Trinajstić information content (AvgIpc) is 2.14. The molecule has 0 aliphatic rings. The van der Waals surface area contributed by atoms with Crippen LogP contribution in [0, 0.1) is 5.41 Å². The maximum Gasteiger partial charge on any atom is 0.307 e. The van der Waals surface area contributed by atoms with Gasteiger partial charge in [-0.1, -0.05) is 20.8 Å². The summed E-state index contributed by atoms with van der Waals surface area (Å²) in [6.07, 6.45) is 1.60. The number of ether oxygens (including phenoxy) is 1. The van der Waals surface area contributed by atoms with Crippen LogP contribution in [0.15, 0.2) is 0 Å². The van der Waals surface area contributed by atoms with Crippen molar-refractivity contribution in [2.75, 3.05) is 13.2 Å². The summed E-state index contributed by atoms with van der Waals surface area (Å²) in [4.78, 5) is 22.3. The van der Waals surface area contributed by atoms with Gasteiger partial charge in [0.05, 0.1) is 13.0 Å². The number of hydrogen-bond donors (Lipinski definition) is 1. The maximum absolute atomic E-state index is 11.4. The van der Waals surface area contributed by atoms with E-state index in [4.69, 9.17) is 4.74 Å². The predicted octanol–water partition coefficient (Wildman–Crippen LogP) is 1.88. The van der Waals surface area contributed by atoms with Crippen LogP contribution in [0.3, 0.4) is 0 Å².